The number of nitrogens with two attached hydrogens (primary N) is 1. The van der Waals surface area contributed by atoms with Crippen LogP contribution in [0.1, 0.15) is 5.56 Å². The van der Waals surface area contributed by atoms with E-state index in [0.29, 0.717) is 5.95 Å². The summed E-state index contributed by atoms with van der Waals surface area (Å²) in [6, 6.07) is 8.04. The van der Waals surface area contributed by atoms with Gasteiger partial charge in [0.05, 0.1) is 11.9 Å². The van der Waals surface area contributed by atoms with Gasteiger partial charge in [0.2, 0.25) is 5.95 Å². The van der Waals surface area contributed by atoms with Crippen LogP contribution < -0.4 is 5.73 Å². The fourth-order valence-corrected chi connectivity index (χ4v) is 1.87. The number of aromatic nitrogens is 2. The van der Waals surface area contributed by atoms with Crippen molar-refractivity contribution in [2.24, 2.45) is 0 Å². The lowest BCUT2D eigenvalue weighted by Gasteiger charge is -2.09. The number of imidazole rings is 1. The van der Waals surface area contributed by atoms with Gasteiger partial charge >= 0.3 is 0 Å². The molecule has 2 N–H and O–H groups in total. The van der Waals surface area contributed by atoms with E-state index in [0.717, 1.165) is 15.9 Å². The molecule has 0 saturated heterocycles. The van der Waals surface area contributed by atoms with Gasteiger partial charge in [-0.15, -0.1) is 0 Å². The lowest BCUT2D eigenvalue weighted by molar-refractivity contribution is 1.03. The number of para-hydroxylation sites is 1. The van der Waals surface area contributed by atoms with Crippen molar-refractivity contribution in [2.75, 3.05) is 5.73 Å². The zero-order valence-corrected chi connectivity index (χ0v) is 9.32. The van der Waals surface area contributed by atoms with Crippen LogP contribution in [0.5, 0.6) is 0 Å². The maximum atomic E-state index is 5.76. The first-order chi connectivity index (χ1) is 6.70. The number of aryl methyl sites for hydroxylation is 1. The van der Waals surface area contributed by atoms with Crippen LogP contribution in [0.15, 0.2) is 35.1 Å². The molecule has 0 aliphatic carbocycles. The molecule has 0 radical (unpaired) electrons. The first-order valence-corrected chi connectivity index (χ1v) is 5.04. The number of hydrogen-bond acceptors (Lipinski definition) is 2. The van der Waals surface area contributed by atoms with Gasteiger partial charge in [0.25, 0.3) is 0 Å². The van der Waals surface area contributed by atoms with Crippen LogP contribution in [-0.2, 0) is 0 Å². The van der Waals surface area contributed by atoms with Crippen LogP contribution in [0.3, 0.4) is 0 Å². The molecule has 72 valence electrons. The SMILES string of the molecule is Cc1ccccc1-n1c(Br)cnc1N. The molecule has 0 amide bonds. The van der Waals surface area contributed by atoms with E-state index in [1.807, 2.05) is 35.8 Å². The first-order valence-electron chi connectivity index (χ1n) is 4.25. The standard InChI is InChI=1S/C10H10BrN3/c1-7-4-2-3-5-8(7)14-9(11)6-13-10(14)12/h2-6H,1H3,(H2,12,13). The van der Waals surface area contributed by atoms with Gasteiger partial charge < -0.3 is 5.73 Å². The lowest BCUT2D eigenvalue weighted by atomic mass is 10.2. The number of anilines is 1. The molecule has 2 aromatic rings. The molecule has 0 aliphatic heterocycles. The van der Waals surface area contributed by atoms with Crippen molar-refractivity contribution < 1.29 is 0 Å². The van der Waals surface area contributed by atoms with Crippen molar-refractivity contribution in [3.63, 3.8) is 0 Å². The van der Waals surface area contributed by atoms with Crippen molar-refractivity contribution in [1.29, 1.82) is 0 Å². The van der Waals surface area contributed by atoms with E-state index in [-0.39, 0.29) is 0 Å². The molecule has 0 aliphatic rings. The maximum Gasteiger partial charge on any atom is 0.205 e. The number of hydrogen-bond donors (Lipinski definition) is 1. The summed E-state index contributed by atoms with van der Waals surface area (Å²) < 4.78 is 2.74. The zero-order valence-electron chi connectivity index (χ0n) is 7.74. The smallest absolute Gasteiger partial charge is 0.205 e. The molecule has 4 heteroatoms. The molecule has 14 heavy (non-hydrogen) atoms. The van der Waals surface area contributed by atoms with E-state index < -0.39 is 0 Å². The molecule has 0 bridgehead atoms. The highest BCUT2D eigenvalue weighted by molar-refractivity contribution is 9.10. The normalized spacial score (nSPS) is 10.4. The minimum Gasteiger partial charge on any atom is -0.369 e. The van der Waals surface area contributed by atoms with Crippen LogP contribution in [-0.4, -0.2) is 9.55 Å². The van der Waals surface area contributed by atoms with Gasteiger partial charge in [-0.05, 0) is 34.5 Å². The van der Waals surface area contributed by atoms with Crippen molar-refractivity contribution in [1.82, 2.24) is 9.55 Å². The van der Waals surface area contributed by atoms with Crippen LogP contribution in [0, 0.1) is 6.92 Å². The molecule has 1 heterocycles. The van der Waals surface area contributed by atoms with E-state index >= 15 is 0 Å². The molecular formula is C10H10BrN3. The number of rotatable bonds is 1. The number of nitrogens with zero attached hydrogens (tertiary/aromatic N) is 2. The molecule has 3 nitrogen and oxygen atoms in total. The predicted octanol–water partition coefficient (Wildman–Crippen LogP) is 2.53. The van der Waals surface area contributed by atoms with Crippen molar-refractivity contribution in [2.45, 2.75) is 6.92 Å². The highest BCUT2D eigenvalue weighted by Crippen LogP contribution is 2.23. The molecule has 1 aromatic heterocycles. The van der Waals surface area contributed by atoms with E-state index in [4.69, 9.17) is 5.73 Å². The zero-order chi connectivity index (χ0) is 10.1. The minimum absolute atomic E-state index is 0.492. The molecule has 0 fully saturated rings. The number of nitrogen functional groups attached to an aromatic ring is 1. The van der Waals surface area contributed by atoms with Gasteiger partial charge in [-0.25, -0.2) is 4.98 Å². The van der Waals surface area contributed by atoms with Crippen LogP contribution in [0.25, 0.3) is 5.69 Å². The van der Waals surface area contributed by atoms with Crippen LogP contribution >= 0.6 is 15.9 Å². The Morgan fingerprint density at radius 3 is 2.64 bits per heavy atom. The molecule has 0 unspecified atom stereocenters. The average molecular weight is 252 g/mol. The van der Waals surface area contributed by atoms with Gasteiger partial charge in [0, 0.05) is 0 Å². The first kappa shape index (κ1) is 9.27. The second kappa shape index (κ2) is 3.46. The lowest BCUT2D eigenvalue weighted by Crippen LogP contribution is -2.02. The van der Waals surface area contributed by atoms with Crippen molar-refractivity contribution >= 4 is 21.9 Å². The topological polar surface area (TPSA) is 43.8 Å². The van der Waals surface area contributed by atoms with Crippen LogP contribution in [0.2, 0.25) is 0 Å². The molecule has 1 aromatic carbocycles. The predicted molar refractivity (Wildman–Crippen MR) is 60.4 cm³/mol. The minimum atomic E-state index is 0.492. The van der Waals surface area contributed by atoms with E-state index in [9.17, 15) is 0 Å². The van der Waals surface area contributed by atoms with E-state index in [2.05, 4.69) is 20.9 Å². The van der Waals surface area contributed by atoms with Crippen LogP contribution in [0.4, 0.5) is 5.95 Å². The highest BCUT2D eigenvalue weighted by Gasteiger charge is 2.08. The Balaban J connectivity index is 2.66. The van der Waals surface area contributed by atoms with Crippen molar-refractivity contribution in [3.8, 4) is 5.69 Å². The second-order valence-electron chi connectivity index (χ2n) is 3.06. The van der Waals surface area contributed by atoms with Gasteiger partial charge in [-0.3, -0.25) is 4.57 Å². The monoisotopic (exact) mass is 251 g/mol. The number of halogens is 1. The quantitative estimate of drug-likeness (QED) is 0.847. The average Bonchev–Trinajstić information content (AvgIpc) is 2.48. The third-order valence-corrected chi connectivity index (χ3v) is 2.66. The van der Waals surface area contributed by atoms with Gasteiger partial charge in [-0.2, -0.15) is 0 Å². The fourth-order valence-electron chi connectivity index (χ4n) is 1.40. The van der Waals surface area contributed by atoms with Gasteiger partial charge in [0.15, 0.2) is 0 Å². The summed E-state index contributed by atoms with van der Waals surface area (Å²) in [7, 11) is 0. The summed E-state index contributed by atoms with van der Waals surface area (Å²) in [6.07, 6.45) is 1.70. The Kier molecular flexibility index (Phi) is 2.29. The summed E-state index contributed by atoms with van der Waals surface area (Å²) in [6.45, 7) is 2.04. The molecular weight excluding hydrogens is 242 g/mol. The Morgan fingerprint density at radius 1 is 1.36 bits per heavy atom. The third-order valence-electron chi connectivity index (χ3n) is 2.10. The molecule has 2 rings (SSSR count). The third kappa shape index (κ3) is 1.42. The summed E-state index contributed by atoms with van der Waals surface area (Å²) >= 11 is 3.41. The van der Waals surface area contributed by atoms with Gasteiger partial charge in [-0.1, -0.05) is 18.2 Å². The largest absolute Gasteiger partial charge is 0.369 e. The molecule has 0 atom stereocenters. The second-order valence-corrected chi connectivity index (χ2v) is 3.87. The van der Waals surface area contributed by atoms with Crippen molar-refractivity contribution in [3.05, 3.63) is 40.6 Å². The summed E-state index contributed by atoms with van der Waals surface area (Å²) in [5.74, 6) is 0.492. The maximum absolute atomic E-state index is 5.76. The Morgan fingerprint density at radius 2 is 2.07 bits per heavy atom. The van der Waals surface area contributed by atoms with E-state index in [1.165, 1.54) is 0 Å². The molecule has 0 saturated carbocycles. The summed E-state index contributed by atoms with van der Waals surface area (Å²) in [5, 5.41) is 0. The van der Waals surface area contributed by atoms with Gasteiger partial charge in [0.1, 0.15) is 4.60 Å². The Hall–Kier alpha value is -1.29. The highest BCUT2D eigenvalue weighted by atomic mass is 79.9. The Labute approximate surface area is 90.7 Å². The number of benzene rings is 1. The molecule has 0 spiro atoms. The summed E-state index contributed by atoms with van der Waals surface area (Å²) in [5.41, 5.74) is 7.98. The van der Waals surface area contributed by atoms with E-state index in [1.54, 1.807) is 6.20 Å². The summed E-state index contributed by atoms with van der Waals surface area (Å²) in [4.78, 5) is 4.03. The fraction of sp³-hybridized carbons (Fsp3) is 0.100. The Bertz CT molecular complexity index is 443.